The van der Waals surface area contributed by atoms with Crippen LogP contribution in [-0.2, 0) is 0 Å². The van der Waals surface area contributed by atoms with Gasteiger partial charge in [0.05, 0.1) is 23.5 Å². The number of hydrogen-bond donors (Lipinski definition) is 0. The summed E-state index contributed by atoms with van der Waals surface area (Å²) in [5, 5.41) is 12.3. The molecule has 0 saturated carbocycles. The number of likely N-dealkylation sites (tertiary alicyclic amines) is 1. The summed E-state index contributed by atoms with van der Waals surface area (Å²) in [5.74, 6) is -0.613. The Morgan fingerprint density at radius 3 is 2.64 bits per heavy atom. The molecule has 0 bridgehead atoms. The Morgan fingerprint density at radius 1 is 1.14 bits per heavy atom. The van der Waals surface area contributed by atoms with Crippen LogP contribution in [0.15, 0.2) is 53.3 Å². The van der Waals surface area contributed by atoms with Crippen molar-refractivity contribution in [1.82, 2.24) is 30.0 Å². The van der Waals surface area contributed by atoms with Crippen LogP contribution in [0.1, 0.15) is 46.3 Å². The predicted molar refractivity (Wildman–Crippen MR) is 120 cm³/mol. The Hall–Kier alpha value is -4.22. The molecule has 4 aromatic rings. The number of benzene rings is 2. The highest BCUT2D eigenvalue weighted by molar-refractivity contribution is 5.98. The maximum atomic E-state index is 13.8. The van der Waals surface area contributed by atoms with E-state index in [-0.39, 0.29) is 23.2 Å². The van der Waals surface area contributed by atoms with Gasteiger partial charge in [-0.2, -0.15) is 20.0 Å². The number of carbonyl (C=O) groups excluding carboxylic acids is 1. The van der Waals surface area contributed by atoms with Gasteiger partial charge in [0.1, 0.15) is 17.5 Å². The van der Waals surface area contributed by atoms with Crippen molar-refractivity contribution in [2.24, 2.45) is 0 Å². The zero-order valence-corrected chi connectivity index (χ0v) is 19.4. The maximum absolute atomic E-state index is 13.8. The molecular weight excluding hydrogens is 477 g/mol. The van der Waals surface area contributed by atoms with Crippen molar-refractivity contribution in [3.63, 3.8) is 0 Å². The molecule has 0 aliphatic carbocycles. The Morgan fingerprint density at radius 2 is 1.89 bits per heavy atom. The zero-order valence-electron chi connectivity index (χ0n) is 19.4. The van der Waals surface area contributed by atoms with E-state index in [2.05, 4.69) is 25.1 Å². The molecule has 0 spiro atoms. The molecule has 0 radical (unpaired) electrons. The number of aromatic nitrogens is 5. The van der Waals surface area contributed by atoms with Gasteiger partial charge in [0.25, 0.3) is 5.91 Å². The number of ether oxygens (including phenoxy) is 1. The SMILES string of the molecule is Cc1cc(C)c(-n2nccn2)c(C(=O)N2CCCC2c2nc(-c3ccccc3OC(F)(F)F)no2)c1. The van der Waals surface area contributed by atoms with E-state index in [9.17, 15) is 18.0 Å². The molecule has 1 saturated heterocycles. The second-order valence-electron chi connectivity index (χ2n) is 8.45. The van der Waals surface area contributed by atoms with Crippen LogP contribution in [0.5, 0.6) is 5.75 Å². The number of rotatable bonds is 5. The fourth-order valence-corrected chi connectivity index (χ4v) is 4.49. The third-order valence-corrected chi connectivity index (χ3v) is 5.89. The second-order valence-corrected chi connectivity index (χ2v) is 8.45. The van der Waals surface area contributed by atoms with Gasteiger partial charge in [0, 0.05) is 6.54 Å². The first-order valence-electron chi connectivity index (χ1n) is 11.2. The van der Waals surface area contributed by atoms with Crippen LogP contribution in [0.25, 0.3) is 17.1 Å². The Bertz CT molecular complexity index is 1400. The van der Waals surface area contributed by atoms with Crippen molar-refractivity contribution >= 4 is 5.91 Å². The monoisotopic (exact) mass is 498 g/mol. The van der Waals surface area contributed by atoms with E-state index in [1.165, 1.54) is 35.4 Å². The van der Waals surface area contributed by atoms with Crippen molar-refractivity contribution in [2.45, 2.75) is 39.1 Å². The number of amides is 1. The molecule has 2 aromatic heterocycles. The highest BCUT2D eigenvalue weighted by Crippen LogP contribution is 2.37. The summed E-state index contributed by atoms with van der Waals surface area (Å²) in [6.07, 6.45) is -0.542. The van der Waals surface area contributed by atoms with Crippen LogP contribution in [0.3, 0.4) is 0 Å². The number of alkyl halides is 3. The molecule has 3 heterocycles. The van der Waals surface area contributed by atoms with Crippen molar-refractivity contribution in [1.29, 1.82) is 0 Å². The first kappa shape index (κ1) is 23.5. The maximum Gasteiger partial charge on any atom is 0.573 e. The van der Waals surface area contributed by atoms with Crippen molar-refractivity contribution in [2.75, 3.05) is 6.54 Å². The minimum atomic E-state index is -4.87. The van der Waals surface area contributed by atoms with E-state index in [0.29, 0.717) is 30.6 Å². The summed E-state index contributed by atoms with van der Waals surface area (Å²) in [6.45, 7) is 4.24. The molecule has 5 rings (SSSR count). The van der Waals surface area contributed by atoms with E-state index in [4.69, 9.17) is 4.52 Å². The average molecular weight is 498 g/mol. The van der Waals surface area contributed by atoms with Gasteiger partial charge in [-0.3, -0.25) is 4.79 Å². The number of carbonyl (C=O) groups is 1. The van der Waals surface area contributed by atoms with Crippen LogP contribution in [0.4, 0.5) is 13.2 Å². The van der Waals surface area contributed by atoms with Crippen LogP contribution in [0, 0.1) is 13.8 Å². The molecule has 2 aromatic carbocycles. The lowest BCUT2D eigenvalue weighted by Crippen LogP contribution is -2.32. The minimum Gasteiger partial charge on any atom is -0.405 e. The fraction of sp³-hybridized carbons (Fsp3) is 0.292. The molecule has 1 fully saturated rings. The third kappa shape index (κ3) is 4.53. The Balaban J connectivity index is 1.47. The normalized spacial score (nSPS) is 15.9. The van der Waals surface area contributed by atoms with Gasteiger partial charge in [-0.25, -0.2) is 0 Å². The van der Waals surface area contributed by atoms with E-state index in [1.807, 2.05) is 19.9 Å². The molecule has 1 unspecified atom stereocenters. The molecule has 1 aliphatic rings. The molecule has 12 heteroatoms. The lowest BCUT2D eigenvalue weighted by Gasteiger charge is -2.24. The summed E-state index contributed by atoms with van der Waals surface area (Å²) in [6, 6.07) is 8.74. The highest BCUT2D eigenvalue weighted by atomic mass is 19.4. The summed E-state index contributed by atoms with van der Waals surface area (Å²) in [4.78, 5) is 21.1. The van der Waals surface area contributed by atoms with Gasteiger partial charge in [-0.15, -0.1) is 13.2 Å². The van der Waals surface area contributed by atoms with Crippen LogP contribution >= 0.6 is 0 Å². The summed E-state index contributed by atoms with van der Waals surface area (Å²) < 4.78 is 48.1. The minimum absolute atomic E-state index is 0.0297. The number of halogens is 3. The fourth-order valence-electron chi connectivity index (χ4n) is 4.49. The van der Waals surface area contributed by atoms with Crippen molar-refractivity contribution in [3.05, 3.63) is 71.4 Å². The van der Waals surface area contributed by atoms with Gasteiger partial charge < -0.3 is 14.2 Å². The van der Waals surface area contributed by atoms with E-state index >= 15 is 0 Å². The van der Waals surface area contributed by atoms with Crippen LogP contribution in [-0.4, -0.2) is 48.8 Å². The molecule has 1 atom stereocenters. The average Bonchev–Trinajstić information content (AvgIpc) is 3.58. The summed E-state index contributed by atoms with van der Waals surface area (Å²) in [7, 11) is 0. The number of para-hydroxylation sites is 1. The van der Waals surface area contributed by atoms with Gasteiger partial charge in [-0.05, 0) is 56.0 Å². The lowest BCUT2D eigenvalue weighted by atomic mass is 10.0. The first-order chi connectivity index (χ1) is 17.2. The van der Waals surface area contributed by atoms with Crippen molar-refractivity contribution < 1.29 is 27.2 Å². The van der Waals surface area contributed by atoms with Crippen LogP contribution in [0.2, 0.25) is 0 Å². The Labute approximate surface area is 203 Å². The molecule has 1 amide bonds. The second kappa shape index (κ2) is 9.10. The van der Waals surface area contributed by atoms with E-state index in [0.717, 1.165) is 11.1 Å². The standard InChI is InChI=1S/C24H21F3N6O3/c1-14-12-15(2)20(33-28-9-10-29-33)17(13-14)23(34)32-11-5-7-18(32)22-30-21(31-36-22)16-6-3-4-8-19(16)35-24(25,26)27/h3-4,6,8-10,12-13,18H,5,7,11H2,1-2H3. The highest BCUT2D eigenvalue weighted by Gasteiger charge is 2.37. The van der Waals surface area contributed by atoms with Crippen LogP contribution < -0.4 is 4.74 Å². The predicted octanol–water partition coefficient (Wildman–Crippen LogP) is 4.81. The molecular formula is C24H21F3N6O3. The van der Waals surface area contributed by atoms with E-state index in [1.54, 1.807) is 17.0 Å². The third-order valence-electron chi connectivity index (χ3n) is 5.89. The summed E-state index contributed by atoms with van der Waals surface area (Å²) in [5.41, 5.74) is 2.78. The Kier molecular flexibility index (Phi) is 5.94. The van der Waals surface area contributed by atoms with Gasteiger partial charge in [0.2, 0.25) is 11.7 Å². The van der Waals surface area contributed by atoms with Gasteiger partial charge in [-0.1, -0.05) is 23.4 Å². The lowest BCUT2D eigenvalue weighted by molar-refractivity contribution is -0.274. The number of nitrogens with zero attached hydrogens (tertiary/aromatic N) is 6. The number of hydrogen-bond acceptors (Lipinski definition) is 7. The van der Waals surface area contributed by atoms with Crippen molar-refractivity contribution in [3.8, 4) is 22.8 Å². The van der Waals surface area contributed by atoms with Gasteiger partial charge in [0.15, 0.2) is 0 Å². The number of aryl methyl sites for hydroxylation is 2. The summed E-state index contributed by atoms with van der Waals surface area (Å²) >= 11 is 0. The smallest absolute Gasteiger partial charge is 0.405 e. The molecule has 1 aliphatic heterocycles. The molecule has 186 valence electrons. The van der Waals surface area contributed by atoms with Gasteiger partial charge >= 0.3 is 6.36 Å². The molecule has 9 nitrogen and oxygen atoms in total. The first-order valence-corrected chi connectivity index (χ1v) is 11.2. The zero-order chi connectivity index (χ0) is 25.4. The molecule has 0 N–H and O–H groups in total. The topological polar surface area (TPSA) is 99.2 Å². The van der Waals surface area contributed by atoms with E-state index < -0.39 is 18.2 Å². The largest absolute Gasteiger partial charge is 0.573 e. The quantitative estimate of drug-likeness (QED) is 0.389. The molecule has 36 heavy (non-hydrogen) atoms.